The zero-order valence-electron chi connectivity index (χ0n) is 16.5. The normalized spacial score (nSPS) is 11.8. The van der Waals surface area contributed by atoms with E-state index in [-0.39, 0.29) is 5.41 Å². The van der Waals surface area contributed by atoms with Gasteiger partial charge in [0.25, 0.3) is 5.91 Å². The van der Waals surface area contributed by atoms with Crippen LogP contribution >= 0.6 is 0 Å². The SMILES string of the molecule is C[C@@H](Oc1ccc(C(C)(C)C)cc1)C(=O)OCC(=O)Nc1ccccc1C#N. The van der Waals surface area contributed by atoms with Crippen LogP contribution in [0.3, 0.4) is 0 Å². The summed E-state index contributed by atoms with van der Waals surface area (Å²) in [6, 6.07) is 16.1. The van der Waals surface area contributed by atoms with Crippen LogP contribution in [0.5, 0.6) is 5.75 Å². The number of para-hydroxylation sites is 1. The van der Waals surface area contributed by atoms with Crippen molar-refractivity contribution >= 4 is 17.6 Å². The number of rotatable bonds is 6. The van der Waals surface area contributed by atoms with E-state index in [2.05, 4.69) is 26.1 Å². The minimum Gasteiger partial charge on any atom is -0.479 e. The molecule has 2 rings (SSSR count). The van der Waals surface area contributed by atoms with Gasteiger partial charge < -0.3 is 14.8 Å². The van der Waals surface area contributed by atoms with Crippen molar-refractivity contribution < 1.29 is 19.1 Å². The maximum absolute atomic E-state index is 12.1. The lowest BCUT2D eigenvalue weighted by molar-refractivity contribution is -0.153. The van der Waals surface area contributed by atoms with Crippen molar-refractivity contribution in [3.63, 3.8) is 0 Å². The smallest absolute Gasteiger partial charge is 0.347 e. The molecule has 146 valence electrons. The molecule has 0 spiro atoms. The molecule has 2 aromatic rings. The van der Waals surface area contributed by atoms with Gasteiger partial charge in [0.1, 0.15) is 11.8 Å². The van der Waals surface area contributed by atoms with Crippen LogP contribution in [0.4, 0.5) is 5.69 Å². The van der Waals surface area contributed by atoms with E-state index in [1.807, 2.05) is 18.2 Å². The highest BCUT2D eigenvalue weighted by Gasteiger charge is 2.19. The zero-order valence-corrected chi connectivity index (χ0v) is 16.5. The standard InChI is InChI=1S/C22H24N2O4/c1-15(28-18-11-9-17(10-12-18)22(2,3)4)21(26)27-14-20(25)24-19-8-6-5-7-16(19)13-23/h5-12,15H,14H2,1-4H3,(H,24,25)/t15-/m1/s1. The molecule has 0 saturated carbocycles. The van der Waals surface area contributed by atoms with Crippen molar-refractivity contribution in [2.45, 2.75) is 39.2 Å². The van der Waals surface area contributed by atoms with E-state index in [4.69, 9.17) is 14.7 Å². The fraction of sp³-hybridized carbons (Fsp3) is 0.318. The quantitative estimate of drug-likeness (QED) is 0.770. The predicted molar refractivity (Wildman–Crippen MR) is 106 cm³/mol. The van der Waals surface area contributed by atoms with Gasteiger partial charge in [0.05, 0.1) is 11.3 Å². The van der Waals surface area contributed by atoms with Gasteiger partial charge in [-0.3, -0.25) is 4.79 Å². The summed E-state index contributed by atoms with van der Waals surface area (Å²) in [5.74, 6) is -0.633. The summed E-state index contributed by atoms with van der Waals surface area (Å²) in [5.41, 5.74) is 1.89. The number of amides is 1. The summed E-state index contributed by atoms with van der Waals surface area (Å²) in [6.07, 6.45) is -0.861. The van der Waals surface area contributed by atoms with Gasteiger partial charge in [-0.1, -0.05) is 45.0 Å². The number of benzene rings is 2. The van der Waals surface area contributed by atoms with Gasteiger partial charge in [0.15, 0.2) is 12.7 Å². The van der Waals surface area contributed by atoms with Gasteiger partial charge in [0.2, 0.25) is 0 Å². The molecule has 1 amide bonds. The second-order valence-electron chi connectivity index (χ2n) is 7.35. The molecule has 0 heterocycles. The van der Waals surface area contributed by atoms with Crippen LogP contribution in [-0.4, -0.2) is 24.6 Å². The van der Waals surface area contributed by atoms with Crippen molar-refractivity contribution in [2.24, 2.45) is 0 Å². The van der Waals surface area contributed by atoms with Crippen molar-refractivity contribution in [1.82, 2.24) is 0 Å². The van der Waals surface area contributed by atoms with Crippen molar-refractivity contribution in [2.75, 3.05) is 11.9 Å². The van der Waals surface area contributed by atoms with E-state index in [0.29, 0.717) is 17.0 Å². The first-order chi connectivity index (χ1) is 13.2. The molecular formula is C22H24N2O4. The maximum atomic E-state index is 12.1. The number of esters is 1. The Morgan fingerprint density at radius 2 is 1.75 bits per heavy atom. The minimum atomic E-state index is -0.861. The Bertz CT molecular complexity index is 877. The van der Waals surface area contributed by atoms with E-state index < -0.39 is 24.6 Å². The van der Waals surface area contributed by atoms with Crippen LogP contribution in [0.15, 0.2) is 48.5 Å². The van der Waals surface area contributed by atoms with E-state index in [1.54, 1.807) is 43.3 Å². The lowest BCUT2D eigenvalue weighted by atomic mass is 9.87. The first kappa shape index (κ1) is 21.0. The number of nitriles is 1. The Morgan fingerprint density at radius 1 is 1.11 bits per heavy atom. The van der Waals surface area contributed by atoms with E-state index in [9.17, 15) is 9.59 Å². The van der Waals surface area contributed by atoms with Crippen LogP contribution in [0.2, 0.25) is 0 Å². The molecule has 0 aliphatic heterocycles. The molecular weight excluding hydrogens is 356 g/mol. The van der Waals surface area contributed by atoms with Gasteiger partial charge in [-0.05, 0) is 42.2 Å². The summed E-state index contributed by atoms with van der Waals surface area (Å²) >= 11 is 0. The molecule has 0 aliphatic carbocycles. The Kier molecular flexibility index (Phi) is 6.78. The van der Waals surface area contributed by atoms with E-state index >= 15 is 0 Å². The molecule has 1 N–H and O–H groups in total. The van der Waals surface area contributed by atoms with Crippen molar-refractivity contribution in [3.8, 4) is 11.8 Å². The Labute approximate surface area is 165 Å². The zero-order chi connectivity index (χ0) is 20.7. The minimum absolute atomic E-state index is 0.0284. The number of nitrogens with one attached hydrogen (secondary N) is 1. The topological polar surface area (TPSA) is 88.4 Å². The average molecular weight is 380 g/mol. The van der Waals surface area contributed by atoms with E-state index in [0.717, 1.165) is 5.56 Å². The summed E-state index contributed by atoms with van der Waals surface area (Å²) < 4.78 is 10.6. The summed E-state index contributed by atoms with van der Waals surface area (Å²) in [5, 5.41) is 11.6. The maximum Gasteiger partial charge on any atom is 0.347 e. The molecule has 0 fully saturated rings. The molecule has 6 nitrogen and oxygen atoms in total. The monoisotopic (exact) mass is 380 g/mol. The fourth-order valence-electron chi connectivity index (χ4n) is 2.42. The highest BCUT2D eigenvalue weighted by Crippen LogP contribution is 2.24. The second-order valence-corrected chi connectivity index (χ2v) is 7.35. The van der Waals surface area contributed by atoms with Crippen molar-refractivity contribution in [3.05, 3.63) is 59.7 Å². The summed E-state index contributed by atoms with van der Waals surface area (Å²) in [6.45, 7) is 7.44. The fourth-order valence-corrected chi connectivity index (χ4v) is 2.42. The molecule has 2 aromatic carbocycles. The predicted octanol–water partition coefficient (Wildman–Crippen LogP) is 3.80. The lowest BCUT2D eigenvalue weighted by Crippen LogP contribution is -2.29. The molecule has 0 aliphatic rings. The number of anilines is 1. The molecule has 6 heteroatoms. The average Bonchev–Trinajstić information content (AvgIpc) is 2.66. The third kappa shape index (κ3) is 5.85. The van der Waals surface area contributed by atoms with Crippen LogP contribution in [0, 0.1) is 11.3 Å². The molecule has 1 atom stereocenters. The number of carbonyl (C=O) groups excluding carboxylic acids is 2. The van der Waals surface area contributed by atoms with Gasteiger partial charge in [-0.25, -0.2) is 4.79 Å². The third-order valence-corrected chi connectivity index (χ3v) is 4.03. The van der Waals surface area contributed by atoms with Gasteiger partial charge >= 0.3 is 5.97 Å². The number of carbonyl (C=O) groups is 2. The Morgan fingerprint density at radius 3 is 2.36 bits per heavy atom. The molecule has 0 saturated heterocycles. The summed E-state index contributed by atoms with van der Waals surface area (Å²) in [4.78, 5) is 24.0. The van der Waals surface area contributed by atoms with Crippen LogP contribution in [0.25, 0.3) is 0 Å². The summed E-state index contributed by atoms with van der Waals surface area (Å²) in [7, 11) is 0. The van der Waals surface area contributed by atoms with Gasteiger partial charge in [0, 0.05) is 0 Å². The molecule has 0 aromatic heterocycles. The van der Waals surface area contributed by atoms with Crippen LogP contribution in [-0.2, 0) is 19.7 Å². The number of nitrogens with zero attached hydrogens (tertiary/aromatic N) is 1. The number of hydrogen-bond donors (Lipinski definition) is 1. The molecule has 0 bridgehead atoms. The largest absolute Gasteiger partial charge is 0.479 e. The highest BCUT2D eigenvalue weighted by atomic mass is 16.6. The van der Waals surface area contributed by atoms with Crippen LogP contribution < -0.4 is 10.1 Å². The molecule has 0 radical (unpaired) electrons. The number of hydrogen-bond acceptors (Lipinski definition) is 5. The van der Waals surface area contributed by atoms with Crippen molar-refractivity contribution in [1.29, 1.82) is 5.26 Å². The Hall–Kier alpha value is -3.33. The first-order valence-corrected chi connectivity index (χ1v) is 8.93. The third-order valence-electron chi connectivity index (χ3n) is 4.03. The highest BCUT2D eigenvalue weighted by molar-refractivity contribution is 5.94. The Balaban J connectivity index is 1.85. The van der Waals surface area contributed by atoms with Gasteiger partial charge in [-0.2, -0.15) is 5.26 Å². The van der Waals surface area contributed by atoms with E-state index in [1.165, 1.54) is 0 Å². The number of ether oxygens (including phenoxy) is 2. The van der Waals surface area contributed by atoms with Gasteiger partial charge in [-0.15, -0.1) is 0 Å². The van der Waals surface area contributed by atoms with Crippen LogP contribution in [0.1, 0.15) is 38.8 Å². The molecule has 28 heavy (non-hydrogen) atoms. The lowest BCUT2D eigenvalue weighted by Gasteiger charge is -2.20. The second kappa shape index (κ2) is 9.05. The first-order valence-electron chi connectivity index (χ1n) is 8.93. The molecule has 0 unspecified atom stereocenters.